The van der Waals surface area contributed by atoms with Crippen molar-refractivity contribution in [2.24, 2.45) is 0 Å². The van der Waals surface area contributed by atoms with E-state index in [1.807, 2.05) is 19.1 Å². The van der Waals surface area contributed by atoms with Crippen LogP contribution in [0.2, 0.25) is 0 Å². The van der Waals surface area contributed by atoms with E-state index in [4.69, 9.17) is 5.73 Å². The summed E-state index contributed by atoms with van der Waals surface area (Å²) in [5, 5.41) is -0.110. The second-order valence-corrected chi connectivity index (χ2v) is 8.79. The highest BCUT2D eigenvalue weighted by Crippen LogP contribution is 2.33. The van der Waals surface area contributed by atoms with Crippen molar-refractivity contribution in [2.45, 2.75) is 44.5 Å². The van der Waals surface area contributed by atoms with Crippen molar-refractivity contribution < 1.29 is 8.42 Å². The smallest absolute Gasteiger partial charge is 0.217 e. The largest absolute Gasteiger partial charge is 0.399 e. The van der Waals surface area contributed by atoms with Crippen LogP contribution in [0, 0.1) is 6.92 Å². The predicted molar refractivity (Wildman–Crippen MR) is 89.0 cm³/mol. The van der Waals surface area contributed by atoms with Crippen LogP contribution in [0.4, 0.5) is 5.69 Å². The highest BCUT2D eigenvalue weighted by molar-refractivity contribution is 7.90. The van der Waals surface area contributed by atoms with E-state index in [2.05, 4.69) is 17.9 Å². The second-order valence-electron chi connectivity index (χ2n) is 6.63. The Hall–Kier alpha value is -1.11. The molecule has 0 bridgehead atoms. The summed E-state index contributed by atoms with van der Waals surface area (Å²) in [7, 11) is -3.06. The molecule has 2 fully saturated rings. The molecule has 1 atom stereocenters. The second kappa shape index (κ2) is 5.83. The van der Waals surface area contributed by atoms with Crippen LogP contribution in [0.3, 0.4) is 0 Å². The normalized spacial score (nSPS) is 24.5. The van der Waals surface area contributed by atoms with E-state index in [1.165, 1.54) is 11.1 Å². The molecule has 1 saturated heterocycles. The number of anilines is 1. The minimum atomic E-state index is -3.06. The maximum atomic E-state index is 12.4. The summed E-state index contributed by atoms with van der Waals surface area (Å²) in [5.74, 6) is 0. The molecular weight excluding hydrogens is 298 g/mol. The molecule has 1 heterocycles. The van der Waals surface area contributed by atoms with Gasteiger partial charge in [-0.05, 0) is 49.9 Å². The minimum Gasteiger partial charge on any atom is -0.399 e. The third kappa shape index (κ3) is 3.14. The monoisotopic (exact) mass is 323 g/mol. The first kappa shape index (κ1) is 15.8. The molecule has 1 saturated carbocycles. The molecule has 1 aliphatic heterocycles. The van der Waals surface area contributed by atoms with Gasteiger partial charge in [0.25, 0.3) is 0 Å². The lowest BCUT2D eigenvalue weighted by Crippen LogP contribution is -2.54. The fraction of sp³-hybridized carbons (Fsp3) is 0.625. The van der Waals surface area contributed by atoms with E-state index in [1.54, 1.807) is 4.31 Å². The van der Waals surface area contributed by atoms with Gasteiger partial charge in [0.05, 0.1) is 5.25 Å². The summed E-state index contributed by atoms with van der Waals surface area (Å²) in [6.07, 6.45) is 1.67. The van der Waals surface area contributed by atoms with Gasteiger partial charge in [0, 0.05) is 37.9 Å². The van der Waals surface area contributed by atoms with Gasteiger partial charge in [-0.25, -0.2) is 8.42 Å². The molecule has 122 valence electrons. The summed E-state index contributed by atoms with van der Waals surface area (Å²) in [4.78, 5) is 2.34. The number of nitrogen functional groups attached to an aromatic ring is 1. The predicted octanol–water partition coefficient (Wildman–Crippen LogP) is 1.58. The standard InChI is InChI=1S/C16H25N3O2S/c1-12-9-15(17)4-3-14(12)11-18-7-8-19(13(2)10-18)22(20,21)16-5-6-16/h3-4,9,13,16H,5-8,10-11,17H2,1-2H3. The Morgan fingerprint density at radius 3 is 2.59 bits per heavy atom. The van der Waals surface area contributed by atoms with E-state index < -0.39 is 10.0 Å². The van der Waals surface area contributed by atoms with Gasteiger partial charge in [-0.1, -0.05) is 6.07 Å². The van der Waals surface area contributed by atoms with Gasteiger partial charge in [-0.3, -0.25) is 4.90 Å². The summed E-state index contributed by atoms with van der Waals surface area (Å²) >= 11 is 0. The summed E-state index contributed by atoms with van der Waals surface area (Å²) in [5.41, 5.74) is 9.04. The van der Waals surface area contributed by atoms with Crippen molar-refractivity contribution in [2.75, 3.05) is 25.4 Å². The molecule has 1 unspecified atom stereocenters. The van der Waals surface area contributed by atoms with Gasteiger partial charge in [0.15, 0.2) is 0 Å². The summed E-state index contributed by atoms with van der Waals surface area (Å²) < 4.78 is 26.5. The average molecular weight is 323 g/mol. The number of sulfonamides is 1. The molecule has 1 aromatic rings. The molecular formula is C16H25N3O2S. The maximum Gasteiger partial charge on any atom is 0.217 e. The van der Waals surface area contributed by atoms with Gasteiger partial charge in [0.2, 0.25) is 10.0 Å². The number of aryl methyl sites for hydroxylation is 1. The third-order valence-electron chi connectivity index (χ3n) is 4.68. The van der Waals surface area contributed by atoms with Crippen molar-refractivity contribution in [1.29, 1.82) is 0 Å². The molecule has 6 heteroatoms. The Morgan fingerprint density at radius 2 is 2.00 bits per heavy atom. The number of piperazine rings is 1. The zero-order chi connectivity index (χ0) is 15.9. The number of hydrogen-bond donors (Lipinski definition) is 1. The topological polar surface area (TPSA) is 66.6 Å². The average Bonchev–Trinajstić information content (AvgIpc) is 3.26. The van der Waals surface area contributed by atoms with Gasteiger partial charge in [-0.15, -0.1) is 0 Å². The van der Waals surface area contributed by atoms with Gasteiger partial charge in [-0.2, -0.15) is 4.31 Å². The van der Waals surface area contributed by atoms with Crippen LogP contribution in [0.5, 0.6) is 0 Å². The molecule has 3 rings (SSSR count). The molecule has 2 aliphatic rings. The molecule has 5 nitrogen and oxygen atoms in total. The SMILES string of the molecule is Cc1cc(N)ccc1CN1CCN(S(=O)(=O)C2CC2)C(C)C1. The van der Waals surface area contributed by atoms with Crippen LogP contribution in [0.1, 0.15) is 30.9 Å². The minimum absolute atomic E-state index is 0.0495. The van der Waals surface area contributed by atoms with Gasteiger partial charge in [0.1, 0.15) is 0 Å². The Bertz CT molecular complexity index is 655. The van der Waals surface area contributed by atoms with Crippen molar-refractivity contribution in [1.82, 2.24) is 9.21 Å². The maximum absolute atomic E-state index is 12.4. The first-order valence-electron chi connectivity index (χ1n) is 7.96. The number of nitrogens with two attached hydrogens (primary N) is 1. The molecule has 2 N–H and O–H groups in total. The quantitative estimate of drug-likeness (QED) is 0.854. The Kier molecular flexibility index (Phi) is 4.18. The lowest BCUT2D eigenvalue weighted by molar-refractivity contribution is 0.137. The number of nitrogens with zero attached hydrogens (tertiary/aromatic N) is 2. The highest BCUT2D eigenvalue weighted by atomic mass is 32.2. The number of rotatable bonds is 4. The Morgan fingerprint density at radius 1 is 1.27 bits per heavy atom. The fourth-order valence-corrected chi connectivity index (χ4v) is 5.25. The lowest BCUT2D eigenvalue weighted by atomic mass is 10.1. The van der Waals surface area contributed by atoms with Crippen LogP contribution < -0.4 is 5.73 Å². The van der Waals surface area contributed by atoms with Crippen LogP contribution in [0.25, 0.3) is 0 Å². The van der Waals surface area contributed by atoms with E-state index in [9.17, 15) is 8.42 Å². The third-order valence-corrected chi connectivity index (χ3v) is 7.19. The van der Waals surface area contributed by atoms with Crippen LogP contribution in [0.15, 0.2) is 18.2 Å². The van der Waals surface area contributed by atoms with Crippen molar-refractivity contribution in [3.8, 4) is 0 Å². The Labute approximate surface area is 133 Å². The first-order chi connectivity index (χ1) is 10.4. The summed E-state index contributed by atoms with van der Waals surface area (Å²) in [6, 6.07) is 6.04. The zero-order valence-corrected chi connectivity index (χ0v) is 14.1. The fourth-order valence-electron chi connectivity index (χ4n) is 3.23. The lowest BCUT2D eigenvalue weighted by Gasteiger charge is -2.39. The van der Waals surface area contributed by atoms with Crippen molar-refractivity contribution in [3.05, 3.63) is 29.3 Å². The van der Waals surface area contributed by atoms with Gasteiger partial charge >= 0.3 is 0 Å². The number of benzene rings is 1. The molecule has 22 heavy (non-hydrogen) atoms. The van der Waals surface area contributed by atoms with Crippen LogP contribution >= 0.6 is 0 Å². The van der Waals surface area contributed by atoms with E-state index in [0.717, 1.165) is 38.2 Å². The van der Waals surface area contributed by atoms with E-state index in [0.29, 0.717) is 6.54 Å². The van der Waals surface area contributed by atoms with E-state index >= 15 is 0 Å². The van der Waals surface area contributed by atoms with Crippen molar-refractivity contribution in [3.63, 3.8) is 0 Å². The van der Waals surface area contributed by atoms with Crippen molar-refractivity contribution >= 4 is 15.7 Å². The van der Waals surface area contributed by atoms with Crippen LogP contribution in [-0.4, -0.2) is 48.5 Å². The van der Waals surface area contributed by atoms with E-state index in [-0.39, 0.29) is 11.3 Å². The summed E-state index contributed by atoms with van der Waals surface area (Å²) in [6.45, 7) is 7.13. The number of hydrogen-bond acceptors (Lipinski definition) is 4. The molecule has 0 amide bonds. The highest BCUT2D eigenvalue weighted by Gasteiger charge is 2.43. The van der Waals surface area contributed by atoms with Gasteiger partial charge < -0.3 is 5.73 Å². The Balaban J connectivity index is 1.65. The molecule has 1 aliphatic carbocycles. The van der Waals surface area contributed by atoms with Crippen LogP contribution in [-0.2, 0) is 16.6 Å². The molecule has 0 spiro atoms. The molecule has 0 aromatic heterocycles. The molecule has 1 aromatic carbocycles. The zero-order valence-electron chi connectivity index (χ0n) is 13.3. The molecule has 0 radical (unpaired) electrons. The first-order valence-corrected chi connectivity index (χ1v) is 9.46.